The fourth-order valence-electron chi connectivity index (χ4n) is 4.24. The molecule has 1 aromatic heterocycles. The average molecular weight is 404 g/mol. The van der Waals surface area contributed by atoms with E-state index in [0.717, 1.165) is 71.3 Å². The Labute approximate surface area is 169 Å². The number of benzene rings is 1. The van der Waals surface area contributed by atoms with Gasteiger partial charge in [-0.1, -0.05) is 12.1 Å². The van der Waals surface area contributed by atoms with E-state index in [1.165, 1.54) is 23.4 Å². The number of aromatic nitrogens is 1. The molecule has 156 valence electrons. The Morgan fingerprint density at radius 1 is 0.897 bits per heavy atom. The molecule has 3 heterocycles. The Kier molecular flexibility index (Phi) is 6.06. The first-order valence-electron chi connectivity index (χ1n) is 10.3. The number of anilines is 1. The van der Waals surface area contributed by atoms with Crippen LogP contribution in [0.1, 0.15) is 23.2 Å². The van der Waals surface area contributed by atoms with Gasteiger partial charge in [0.25, 0.3) is 0 Å². The molecule has 4 rings (SSSR count). The van der Waals surface area contributed by atoms with E-state index >= 15 is 0 Å². The first-order valence-corrected chi connectivity index (χ1v) is 10.3. The van der Waals surface area contributed by atoms with Crippen molar-refractivity contribution < 1.29 is 13.2 Å². The van der Waals surface area contributed by atoms with Crippen LogP contribution in [0, 0.1) is 0 Å². The van der Waals surface area contributed by atoms with Crippen LogP contribution in [0.5, 0.6) is 0 Å². The van der Waals surface area contributed by atoms with Crippen LogP contribution in [0.3, 0.4) is 0 Å². The topological polar surface area (TPSA) is 22.6 Å². The fraction of sp³-hybridized carbons (Fsp3) is 0.500. The summed E-state index contributed by atoms with van der Waals surface area (Å²) in [4.78, 5) is 11.4. The van der Waals surface area contributed by atoms with Crippen molar-refractivity contribution in [2.24, 2.45) is 0 Å². The van der Waals surface area contributed by atoms with Gasteiger partial charge in [0.2, 0.25) is 0 Å². The third-order valence-electron chi connectivity index (χ3n) is 5.90. The van der Waals surface area contributed by atoms with E-state index in [1.807, 2.05) is 12.3 Å². The number of hydrogen-bond donors (Lipinski definition) is 0. The summed E-state index contributed by atoms with van der Waals surface area (Å²) in [5.74, 6) is 0. The van der Waals surface area contributed by atoms with Gasteiger partial charge in [-0.3, -0.25) is 14.8 Å². The van der Waals surface area contributed by atoms with Gasteiger partial charge < -0.3 is 4.90 Å². The zero-order valence-electron chi connectivity index (χ0n) is 16.5. The van der Waals surface area contributed by atoms with E-state index in [-0.39, 0.29) is 0 Å². The van der Waals surface area contributed by atoms with E-state index in [1.54, 1.807) is 6.07 Å². The second-order valence-corrected chi connectivity index (χ2v) is 7.87. The Morgan fingerprint density at radius 2 is 1.69 bits per heavy atom. The molecular formula is C22H27F3N4. The van der Waals surface area contributed by atoms with Gasteiger partial charge in [-0.2, -0.15) is 13.2 Å². The van der Waals surface area contributed by atoms with Gasteiger partial charge in [0.1, 0.15) is 0 Å². The molecule has 0 saturated carbocycles. The van der Waals surface area contributed by atoms with Crippen LogP contribution in [0.4, 0.5) is 18.9 Å². The number of fused-ring (bicyclic) bond motifs is 1. The SMILES string of the molecule is FC(F)(F)c1cccc(N2CCN(CCCN3CCc4ncccc4C3)CC2)c1. The van der Waals surface area contributed by atoms with Gasteiger partial charge in [0, 0.05) is 63.3 Å². The van der Waals surface area contributed by atoms with Crippen LogP contribution in [0.2, 0.25) is 0 Å². The number of rotatable bonds is 5. The highest BCUT2D eigenvalue weighted by Gasteiger charge is 2.31. The van der Waals surface area contributed by atoms with Gasteiger partial charge in [0.15, 0.2) is 0 Å². The minimum atomic E-state index is -4.29. The molecule has 1 saturated heterocycles. The Balaban J connectivity index is 1.21. The molecule has 0 amide bonds. The third kappa shape index (κ3) is 5.08. The lowest BCUT2D eigenvalue weighted by atomic mass is 10.1. The molecule has 0 atom stereocenters. The molecule has 7 heteroatoms. The Bertz CT molecular complexity index is 816. The second kappa shape index (κ2) is 8.71. The summed E-state index contributed by atoms with van der Waals surface area (Å²) >= 11 is 0. The summed E-state index contributed by atoms with van der Waals surface area (Å²) in [6, 6.07) is 9.84. The zero-order chi connectivity index (χ0) is 20.3. The summed E-state index contributed by atoms with van der Waals surface area (Å²) in [5.41, 5.74) is 2.67. The molecule has 0 bridgehead atoms. The van der Waals surface area contributed by atoms with Gasteiger partial charge in [-0.05, 0) is 49.3 Å². The number of hydrogen-bond acceptors (Lipinski definition) is 4. The van der Waals surface area contributed by atoms with Crippen molar-refractivity contribution in [1.29, 1.82) is 0 Å². The molecule has 2 aromatic rings. The number of nitrogens with zero attached hydrogens (tertiary/aromatic N) is 4. The van der Waals surface area contributed by atoms with Crippen molar-refractivity contribution in [3.8, 4) is 0 Å². The standard InChI is InChI=1S/C22H27F3N4/c23-22(24,25)19-5-1-6-20(16-19)29-14-12-27(13-15-29)9-3-10-28-11-7-21-18(17-28)4-2-8-26-21/h1-2,4-6,8,16H,3,7,9-15,17H2. The van der Waals surface area contributed by atoms with Crippen molar-refractivity contribution in [3.05, 3.63) is 59.4 Å². The lowest BCUT2D eigenvalue weighted by Gasteiger charge is -2.36. The maximum Gasteiger partial charge on any atom is 0.416 e. The van der Waals surface area contributed by atoms with Crippen LogP contribution in [-0.2, 0) is 19.1 Å². The number of halogens is 3. The lowest BCUT2D eigenvalue weighted by molar-refractivity contribution is -0.137. The molecule has 4 nitrogen and oxygen atoms in total. The fourth-order valence-corrected chi connectivity index (χ4v) is 4.24. The van der Waals surface area contributed by atoms with Crippen molar-refractivity contribution in [2.75, 3.05) is 50.7 Å². The average Bonchev–Trinajstić information content (AvgIpc) is 2.74. The maximum atomic E-state index is 12.9. The quantitative estimate of drug-likeness (QED) is 0.758. The van der Waals surface area contributed by atoms with Crippen molar-refractivity contribution >= 4 is 5.69 Å². The first kappa shape index (κ1) is 20.2. The Hall–Kier alpha value is -2.12. The molecule has 29 heavy (non-hydrogen) atoms. The molecule has 2 aliphatic heterocycles. The summed E-state index contributed by atoms with van der Waals surface area (Å²) in [6.07, 6.45) is -0.290. The Morgan fingerprint density at radius 3 is 2.48 bits per heavy atom. The summed E-state index contributed by atoms with van der Waals surface area (Å²) in [7, 11) is 0. The van der Waals surface area contributed by atoms with E-state index in [9.17, 15) is 13.2 Å². The monoisotopic (exact) mass is 404 g/mol. The predicted molar refractivity (Wildman–Crippen MR) is 108 cm³/mol. The van der Waals surface area contributed by atoms with Gasteiger partial charge in [-0.15, -0.1) is 0 Å². The summed E-state index contributed by atoms with van der Waals surface area (Å²) in [5, 5.41) is 0. The largest absolute Gasteiger partial charge is 0.416 e. The van der Waals surface area contributed by atoms with Gasteiger partial charge >= 0.3 is 6.18 Å². The molecular weight excluding hydrogens is 377 g/mol. The van der Waals surface area contributed by atoms with E-state index < -0.39 is 11.7 Å². The summed E-state index contributed by atoms with van der Waals surface area (Å²) < 4.78 is 38.8. The molecule has 1 aromatic carbocycles. The normalized spacial score (nSPS) is 18.7. The van der Waals surface area contributed by atoms with Crippen LogP contribution < -0.4 is 4.90 Å². The zero-order valence-corrected chi connectivity index (χ0v) is 16.5. The molecule has 0 N–H and O–H groups in total. The lowest BCUT2D eigenvalue weighted by Crippen LogP contribution is -2.47. The number of piperazine rings is 1. The second-order valence-electron chi connectivity index (χ2n) is 7.87. The molecule has 0 radical (unpaired) electrons. The van der Waals surface area contributed by atoms with Crippen LogP contribution >= 0.6 is 0 Å². The minimum absolute atomic E-state index is 0.573. The van der Waals surface area contributed by atoms with Crippen molar-refractivity contribution in [3.63, 3.8) is 0 Å². The molecule has 0 unspecified atom stereocenters. The van der Waals surface area contributed by atoms with Crippen molar-refractivity contribution in [2.45, 2.75) is 25.6 Å². The predicted octanol–water partition coefficient (Wildman–Crippen LogP) is 3.67. The minimum Gasteiger partial charge on any atom is -0.369 e. The van der Waals surface area contributed by atoms with E-state index in [4.69, 9.17) is 0 Å². The third-order valence-corrected chi connectivity index (χ3v) is 5.90. The molecule has 0 aliphatic carbocycles. The first-order chi connectivity index (χ1) is 14.0. The smallest absolute Gasteiger partial charge is 0.369 e. The van der Waals surface area contributed by atoms with E-state index in [0.29, 0.717) is 5.69 Å². The highest BCUT2D eigenvalue weighted by Crippen LogP contribution is 2.31. The number of pyridine rings is 1. The van der Waals surface area contributed by atoms with E-state index in [2.05, 4.69) is 25.8 Å². The molecule has 0 spiro atoms. The highest BCUT2D eigenvalue weighted by atomic mass is 19.4. The molecule has 1 fully saturated rings. The highest BCUT2D eigenvalue weighted by molar-refractivity contribution is 5.49. The summed E-state index contributed by atoms with van der Waals surface area (Å²) in [6.45, 7) is 7.47. The maximum absolute atomic E-state index is 12.9. The molecule has 2 aliphatic rings. The van der Waals surface area contributed by atoms with Crippen LogP contribution in [0.25, 0.3) is 0 Å². The van der Waals surface area contributed by atoms with Gasteiger partial charge in [-0.25, -0.2) is 0 Å². The van der Waals surface area contributed by atoms with Crippen molar-refractivity contribution in [1.82, 2.24) is 14.8 Å². The number of alkyl halides is 3. The van der Waals surface area contributed by atoms with Gasteiger partial charge in [0.05, 0.1) is 5.56 Å². The van der Waals surface area contributed by atoms with Crippen LogP contribution in [-0.4, -0.2) is 60.6 Å². The van der Waals surface area contributed by atoms with Crippen LogP contribution in [0.15, 0.2) is 42.6 Å².